The van der Waals surface area contributed by atoms with Gasteiger partial charge in [0.1, 0.15) is 11.8 Å². The minimum Gasteiger partial charge on any atom is -0.492 e. The number of anilines is 1. The Kier molecular flexibility index (Phi) is 11.0. The number of amides is 2. The predicted octanol–water partition coefficient (Wildman–Crippen LogP) is 4.50. The summed E-state index contributed by atoms with van der Waals surface area (Å²) in [4.78, 5) is 28.5. The zero-order valence-corrected chi connectivity index (χ0v) is 23.6. The molecule has 2 aromatic carbocycles. The second-order valence-electron chi connectivity index (χ2n) is 9.76. The first-order chi connectivity index (χ1) is 18.2. The van der Waals surface area contributed by atoms with Crippen molar-refractivity contribution in [1.29, 1.82) is 0 Å². The van der Waals surface area contributed by atoms with E-state index in [9.17, 15) is 18.0 Å². The first-order valence-corrected chi connectivity index (χ1v) is 15.4. The quantitative estimate of drug-likeness (QED) is 0.379. The first kappa shape index (κ1) is 29.5. The molecule has 1 saturated carbocycles. The van der Waals surface area contributed by atoms with Crippen molar-refractivity contribution in [2.75, 3.05) is 23.7 Å². The second kappa shape index (κ2) is 14.2. The summed E-state index contributed by atoms with van der Waals surface area (Å²) < 4.78 is 32.3. The highest BCUT2D eigenvalue weighted by molar-refractivity contribution is 7.92. The average Bonchev–Trinajstić information content (AvgIpc) is 3.40. The molecular weight excluding hydrogens is 502 g/mol. The van der Waals surface area contributed by atoms with Crippen LogP contribution in [0.5, 0.6) is 5.75 Å². The monoisotopic (exact) mass is 543 g/mol. The minimum atomic E-state index is -3.61. The molecule has 0 unspecified atom stereocenters. The van der Waals surface area contributed by atoms with Gasteiger partial charge in [0.2, 0.25) is 21.8 Å². The zero-order chi connectivity index (χ0) is 27.5. The summed E-state index contributed by atoms with van der Waals surface area (Å²) in [5, 5.41) is 3.15. The molecule has 208 valence electrons. The molecule has 0 saturated heterocycles. The number of nitrogens with one attached hydrogen (secondary N) is 1. The molecule has 1 N–H and O–H groups in total. The van der Waals surface area contributed by atoms with Gasteiger partial charge < -0.3 is 15.0 Å². The summed E-state index contributed by atoms with van der Waals surface area (Å²) in [6, 6.07) is 16.2. The summed E-state index contributed by atoms with van der Waals surface area (Å²) in [6.07, 6.45) is 6.23. The van der Waals surface area contributed by atoms with Crippen molar-refractivity contribution < 1.29 is 22.7 Å². The normalized spacial score (nSPS) is 14.6. The molecule has 2 aromatic rings. The fourth-order valence-corrected chi connectivity index (χ4v) is 5.96. The molecule has 2 amide bonds. The summed E-state index contributed by atoms with van der Waals surface area (Å²) in [7, 11) is -3.61. The Balaban J connectivity index is 1.75. The van der Waals surface area contributed by atoms with E-state index in [0.717, 1.165) is 37.5 Å². The van der Waals surface area contributed by atoms with Crippen molar-refractivity contribution in [3.05, 3.63) is 60.2 Å². The second-order valence-corrected chi connectivity index (χ2v) is 11.7. The van der Waals surface area contributed by atoms with Crippen molar-refractivity contribution in [3.8, 4) is 5.75 Å². The third-order valence-electron chi connectivity index (χ3n) is 6.87. The molecule has 9 heteroatoms. The molecule has 0 spiro atoms. The maximum atomic E-state index is 13.6. The lowest BCUT2D eigenvalue weighted by Crippen LogP contribution is -2.51. The van der Waals surface area contributed by atoms with Crippen molar-refractivity contribution in [3.63, 3.8) is 0 Å². The van der Waals surface area contributed by atoms with E-state index in [1.807, 2.05) is 44.2 Å². The Hall–Kier alpha value is -3.07. The minimum absolute atomic E-state index is 0.114. The van der Waals surface area contributed by atoms with E-state index in [1.54, 1.807) is 29.2 Å². The van der Waals surface area contributed by atoms with Crippen molar-refractivity contribution in [1.82, 2.24) is 10.2 Å². The van der Waals surface area contributed by atoms with Crippen LogP contribution >= 0.6 is 0 Å². The van der Waals surface area contributed by atoms with Crippen LogP contribution in [0.1, 0.15) is 64.4 Å². The van der Waals surface area contributed by atoms with Gasteiger partial charge in [0.25, 0.3) is 0 Å². The lowest BCUT2D eigenvalue weighted by atomic mass is 10.1. The third-order valence-corrected chi connectivity index (χ3v) is 8.05. The van der Waals surface area contributed by atoms with Crippen LogP contribution in [-0.2, 0) is 26.2 Å². The SMILES string of the molecule is CCOc1ccccc1N(CCCC(=O)N(Cc1ccccc1)[C@H](CC)C(=O)NC1CCCC1)S(C)(=O)=O. The lowest BCUT2D eigenvalue weighted by molar-refractivity contribution is -0.141. The molecule has 38 heavy (non-hydrogen) atoms. The van der Waals surface area contributed by atoms with Gasteiger partial charge in [0.15, 0.2) is 0 Å². The summed E-state index contributed by atoms with van der Waals surface area (Å²) in [5.41, 5.74) is 1.39. The molecule has 1 aliphatic rings. The Morgan fingerprint density at radius 3 is 2.32 bits per heavy atom. The molecule has 1 atom stereocenters. The van der Waals surface area contributed by atoms with E-state index in [1.165, 1.54) is 4.31 Å². The standard InChI is InChI=1S/C29H41N3O5S/c1-4-25(29(34)30-24-16-9-10-17-24)31(22-23-14-7-6-8-15-23)28(33)20-13-21-32(38(3,35)36)26-18-11-12-19-27(26)37-5-2/h6-8,11-12,14-15,18-19,24-25H,4-5,9-10,13,16-17,20-22H2,1-3H3,(H,30,34)/t25-/m1/s1. The Bertz CT molecular complexity index is 1150. The van der Waals surface area contributed by atoms with Gasteiger partial charge in [0.05, 0.1) is 18.6 Å². The number of hydrogen-bond donors (Lipinski definition) is 1. The van der Waals surface area contributed by atoms with Crippen molar-refractivity contribution in [2.45, 2.75) is 77.4 Å². The summed E-state index contributed by atoms with van der Waals surface area (Å²) in [6.45, 7) is 4.61. The molecule has 0 bridgehead atoms. The Morgan fingerprint density at radius 1 is 1.03 bits per heavy atom. The molecule has 0 heterocycles. The molecule has 0 radical (unpaired) electrons. The number of sulfonamides is 1. The van der Waals surface area contributed by atoms with E-state index >= 15 is 0 Å². The van der Waals surface area contributed by atoms with Crippen LogP contribution in [0.4, 0.5) is 5.69 Å². The third kappa shape index (κ3) is 8.21. The van der Waals surface area contributed by atoms with E-state index in [0.29, 0.717) is 37.4 Å². The summed E-state index contributed by atoms with van der Waals surface area (Å²) >= 11 is 0. The number of rotatable bonds is 14. The maximum absolute atomic E-state index is 13.6. The fourth-order valence-electron chi connectivity index (χ4n) is 4.99. The van der Waals surface area contributed by atoms with E-state index in [2.05, 4.69) is 5.32 Å². The molecule has 3 rings (SSSR count). The number of carbonyl (C=O) groups excluding carboxylic acids is 2. The van der Waals surface area contributed by atoms with Crippen LogP contribution in [0.2, 0.25) is 0 Å². The van der Waals surface area contributed by atoms with Gasteiger partial charge in [-0.15, -0.1) is 0 Å². The van der Waals surface area contributed by atoms with Crippen LogP contribution in [-0.4, -0.2) is 56.6 Å². The number of benzene rings is 2. The van der Waals surface area contributed by atoms with Gasteiger partial charge in [-0.3, -0.25) is 13.9 Å². The maximum Gasteiger partial charge on any atom is 0.243 e. The van der Waals surface area contributed by atoms with Crippen LogP contribution in [0.3, 0.4) is 0 Å². The van der Waals surface area contributed by atoms with Gasteiger partial charge in [-0.1, -0.05) is 62.2 Å². The highest BCUT2D eigenvalue weighted by Gasteiger charge is 2.31. The van der Waals surface area contributed by atoms with Crippen molar-refractivity contribution in [2.24, 2.45) is 0 Å². The average molecular weight is 544 g/mol. The summed E-state index contributed by atoms with van der Waals surface area (Å²) in [5.74, 6) is 0.188. The highest BCUT2D eigenvalue weighted by Crippen LogP contribution is 2.30. The van der Waals surface area contributed by atoms with Crippen LogP contribution in [0.15, 0.2) is 54.6 Å². The number of hydrogen-bond acceptors (Lipinski definition) is 5. The fraction of sp³-hybridized carbons (Fsp3) is 0.517. The van der Waals surface area contributed by atoms with E-state index in [-0.39, 0.29) is 30.8 Å². The van der Waals surface area contributed by atoms with E-state index in [4.69, 9.17) is 4.74 Å². The predicted molar refractivity (Wildman–Crippen MR) is 151 cm³/mol. The van der Waals surface area contributed by atoms with Gasteiger partial charge in [-0.05, 0) is 50.3 Å². The number of nitrogens with zero attached hydrogens (tertiary/aromatic N) is 2. The molecular formula is C29H41N3O5S. The van der Waals surface area contributed by atoms with Crippen LogP contribution < -0.4 is 14.4 Å². The number of ether oxygens (including phenoxy) is 1. The Labute approximate surface area is 227 Å². The van der Waals surface area contributed by atoms with Crippen molar-refractivity contribution >= 4 is 27.5 Å². The number of carbonyl (C=O) groups is 2. The topological polar surface area (TPSA) is 96.0 Å². The molecule has 0 aromatic heterocycles. The van der Waals surface area contributed by atoms with Gasteiger partial charge >= 0.3 is 0 Å². The number of para-hydroxylation sites is 2. The van der Waals surface area contributed by atoms with Crippen LogP contribution in [0, 0.1) is 0 Å². The van der Waals surface area contributed by atoms with E-state index < -0.39 is 16.1 Å². The zero-order valence-electron chi connectivity index (χ0n) is 22.8. The van der Waals surface area contributed by atoms with Gasteiger partial charge in [-0.2, -0.15) is 0 Å². The lowest BCUT2D eigenvalue weighted by Gasteiger charge is -2.32. The molecule has 0 aliphatic heterocycles. The highest BCUT2D eigenvalue weighted by atomic mass is 32.2. The largest absolute Gasteiger partial charge is 0.492 e. The molecule has 1 fully saturated rings. The molecule has 8 nitrogen and oxygen atoms in total. The first-order valence-electron chi connectivity index (χ1n) is 13.6. The van der Waals surface area contributed by atoms with Crippen LogP contribution in [0.25, 0.3) is 0 Å². The Morgan fingerprint density at radius 2 is 1.68 bits per heavy atom. The molecule has 1 aliphatic carbocycles. The smallest absolute Gasteiger partial charge is 0.243 e. The van der Waals surface area contributed by atoms with Gasteiger partial charge in [-0.25, -0.2) is 8.42 Å². The van der Waals surface area contributed by atoms with Gasteiger partial charge in [0, 0.05) is 25.6 Å².